The van der Waals surface area contributed by atoms with E-state index in [1.165, 1.54) is 14.0 Å². The smallest absolute Gasteiger partial charge is 0.306 e. The van der Waals surface area contributed by atoms with Gasteiger partial charge in [0.05, 0.1) is 25.7 Å². The summed E-state index contributed by atoms with van der Waals surface area (Å²) in [5, 5.41) is 2.62. The quantitative estimate of drug-likeness (QED) is 0.646. The van der Waals surface area contributed by atoms with Crippen molar-refractivity contribution in [3.63, 3.8) is 0 Å². The van der Waals surface area contributed by atoms with Crippen molar-refractivity contribution in [3.05, 3.63) is 23.8 Å². The Balaban J connectivity index is 1.80. The predicted octanol–water partition coefficient (Wildman–Crippen LogP) is 0.871. The van der Waals surface area contributed by atoms with Crippen molar-refractivity contribution < 1.29 is 32.2 Å². The summed E-state index contributed by atoms with van der Waals surface area (Å²) >= 11 is 0. The Morgan fingerprint density at radius 3 is 2.52 bits per heavy atom. The second kappa shape index (κ2) is 9.07. The van der Waals surface area contributed by atoms with Crippen molar-refractivity contribution in [3.8, 4) is 11.5 Å². The summed E-state index contributed by atoms with van der Waals surface area (Å²) in [6.07, 6.45) is -0.0703. The summed E-state index contributed by atoms with van der Waals surface area (Å²) in [5.41, 5.74) is 0.873. The Labute approximate surface area is 159 Å². The second-order valence-electron chi connectivity index (χ2n) is 6.43. The molecule has 27 heavy (non-hydrogen) atoms. The first-order chi connectivity index (χ1) is 12.7. The number of methoxy groups -OCH3 is 2. The van der Waals surface area contributed by atoms with Gasteiger partial charge < -0.3 is 19.5 Å². The van der Waals surface area contributed by atoms with Crippen LogP contribution in [-0.2, 0) is 30.6 Å². The van der Waals surface area contributed by atoms with Crippen LogP contribution in [-0.4, -0.2) is 58.2 Å². The fourth-order valence-corrected chi connectivity index (χ4v) is 4.49. The number of rotatable bonds is 8. The number of esters is 1. The van der Waals surface area contributed by atoms with E-state index in [-0.39, 0.29) is 17.9 Å². The highest BCUT2D eigenvalue weighted by Gasteiger charge is 2.30. The molecule has 2 rings (SSSR count). The average Bonchev–Trinajstić information content (AvgIpc) is 2.97. The Kier molecular flexibility index (Phi) is 7.06. The van der Waals surface area contributed by atoms with E-state index in [1.54, 1.807) is 19.2 Å². The molecule has 1 aromatic carbocycles. The minimum atomic E-state index is -3.08. The fraction of sp³-hybridized carbons (Fsp3) is 0.556. The molecule has 0 radical (unpaired) electrons. The molecule has 1 aromatic rings. The number of hydrogen-bond donors (Lipinski definition) is 1. The van der Waals surface area contributed by atoms with E-state index in [4.69, 9.17) is 14.2 Å². The van der Waals surface area contributed by atoms with Crippen LogP contribution in [0.1, 0.15) is 25.3 Å². The largest absolute Gasteiger partial charge is 0.493 e. The van der Waals surface area contributed by atoms with Gasteiger partial charge in [-0.15, -0.1) is 0 Å². The van der Waals surface area contributed by atoms with Crippen molar-refractivity contribution in [2.24, 2.45) is 0 Å². The zero-order valence-electron chi connectivity index (χ0n) is 15.7. The summed E-state index contributed by atoms with van der Waals surface area (Å²) in [4.78, 5) is 24.1. The molecule has 8 nitrogen and oxygen atoms in total. The van der Waals surface area contributed by atoms with Crippen molar-refractivity contribution in [1.82, 2.24) is 5.32 Å². The van der Waals surface area contributed by atoms with Gasteiger partial charge in [-0.05, 0) is 37.5 Å². The molecule has 150 valence electrons. The summed E-state index contributed by atoms with van der Waals surface area (Å²) in [7, 11) is -0.00413. The van der Waals surface area contributed by atoms with E-state index < -0.39 is 33.9 Å². The first-order valence-electron chi connectivity index (χ1n) is 8.65. The molecule has 0 saturated carbocycles. The lowest BCUT2D eigenvalue weighted by atomic mass is 10.1. The maximum Gasteiger partial charge on any atom is 0.306 e. The van der Waals surface area contributed by atoms with Gasteiger partial charge in [0.25, 0.3) is 5.91 Å². The Morgan fingerprint density at radius 1 is 1.22 bits per heavy atom. The lowest BCUT2D eigenvalue weighted by molar-refractivity contribution is -0.155. The van der Waals surface area contributed by atoms with E-state index >= 15 is 0 Å². The molecule has 0 bridgehead atoms. The molecule has 0 unspecified atom stereocenters. The number of hydrogen-bond acceptors (Lipinski definition) is 7. The predicted molar refractivity (Wildman–Crippen MR) is 98.6 cm³/mol. The van der Waals surface area contributed by atoms with E-state index in [0.29, 0.717) is 24.3 Å². The molecule has 1 heterocycles. The van der Waals surface area contributed by atoms with Gasteiger partial charge in [0, 0.05) is 12.5 Å². The van der Waals surface area contributed by atoms with Crippen LogP contribution < -0.4 is 14.8 Å². The summed E-state index contributed by atoms with van der Waals surface area (Å²) < 4.78 is 38.4. The third kappa shape index (κ3) is 6.13. The highest BCUT2D eigenvalue weighted by atomic mass is 32.2. The van der Waals surface area contributed by atoms with Gasteiger partial charge in [0.2, 0.25) is 0 Å². The number of amides is 1. The van der Waals surface area contributed by atoms with Crippen LogP contribution >= 0.6 is 0 Å². The van der Waals surface area contributed by atoms with Crippen LogP contribution in [0.3, 0.4) is 0 Å². The zero-order valence-corrected chi connectivity index (χ0v) is 16.5. The van der Waals surface area contributed by atoms with Crippen LogP contribution in [0, 0.1) is 0 Å². The van der Waals surface area contributed by atoms with E-state index in [0.717, 1.165) is 5.56 Å². The van der Waals surface area contributed by atoms with Crippen LogP contribution in [0.2, 0.25) is 0 Å². The highest BCUT2D eigenvalue weighted by Crippen LogP contribution is 2.28. The highest BCUT2D eigenvalue weighted by molar-refractivity contribution is 7.91. The normalized spacial score (nSPS) is 19.1. The standard InChI is InChI=1S/C18H25NO7S/c1-12(18(21)19-14-8-9-27(22,23)11-14)26-17(20)7-5-13-4-6-15(24-2)16(10-13)25-3/h4,6,10,12,14H,5,7-9,11H2,1-3H3,(H,19,21)/t12-,14+/m0/s1. The minimum Gasteiger partial charge on any atom is -0.493 e. The van der Waals surface area contributed by atoms with Gasteiger partial charge >= 0.3 is 5.97 Å². The average molecular weight is 399 g/mol. The van der Waals surface area contributed by atoms with Gasteiger partial charge in [-0.3, -0.25) is 9.59 Å². The van der Waals surface area contributed by atoms with Crippen molar-refractivity contribution in [2.75, 3.05) is 25.7 Å². The number of aryl methyl sites for hydroxylation is 1. The third-order valence-corrected chi connectivity index (χ3v) is 6.09. The summed E-state index contributed by atoms with van der Waals surface area (Å²) in [6.45, 7) is 1.47. The molecule has 2 atom stereocenters. The molecule has 1 aliphatic rings. The molecule has 0 aliphatic carbocycles. The number of carbonyl (C=O) groups is 2. The molecule has 9 heteroatoms. The molecule has 1 amide bonds. The van der Waals surface area contributed by atoms with E-state index in [9.17, 15) is 18.0 Å². The number of nitrogens with one attached hydrogen (secondary N) is 1. The number of carbonyl (C=O) groups excluding carboxylic acids is 2. The Bertz CT molecular complexity index is 791. The Hall–Kier alpha value is -2.29. The van der Waals surface area contributed by atoms with Crippen molar-refractivity contribution >= 4 is 21.7 Å². The molecule has 1 N–H and O–H groups in total. The molecule has 1 fully saturated rings. The van der Waals surface area contributed by atoms with Crippen molar-refractivity contribution in [2.45, 2.75) is 38.3 Å². The third-order valence-electron chi connectivity index (χ3n) is 4.32. The van der Waals surface area contributed by atoms with Crippen LogP contribution in [0.15, 0.2) is 18.2 Å². The summed E-state index contributed by atoms with van der Waals surface area (Å²) in [5.74, 6) is 0.171. The first kappa shape index (κ1) is 21.0. The maximum absolute atomic E-state index is 12.1. The van der Waals surface area contributed by atoms with E-state index in [2.05, 4.69) is 5.32 Å². The minimum absolute atomic E-state index is 0.0669. The molecule has 1 aliphatic heterocycles. The number of ether oxygens (including phenoxy) is 3. The van der Waals surface area contributed by atoms with E-state index in [1.807, 2.05) is 6.07 Å². The monoisotopic (exact) mass is 399 g/mol. The lowest BCUT2D eigenvalue weighted by Gasteiger charge is -2.16. The van der Waals surface area contributed by atoms with Gasteiger partial charge in [0.15, 0.2) is 27.4 Å². The van der Waals surface area contributed by atoms with Crippen LogP contribution in [0.4, 0.5) is 0 Å². The van der Waals surface area contributed by atoms with Gasteiger partial charge in [-0.25, -0.2) is 8.42 Å². The molecule has 0 aromatic heterocycles. The maximum atomic E-state index is 12.1. The number of sulfone groups is 1. The molecular formula is C18H25NO7S. The lowest BCUT2D eigenvalue weighted by Crippen LogP contribution is -2.42. The Morgan fingerprint density at radius 2 is 1.93 bits per heavy atom. The van der Waals surface area contributed by atoms with Crippen LogP contribution in [0.5, 0.6) is 11.5 Å². The van der Waals surface area contributed by atoms with Crippen LogP contribution in [0.25, 0.3) is 0 Å². The first-order valence-corrected chi connectivity index (χ1v) is 10.5. The van der Waals surface area contributed by atoms with Gasteiger partial charge in [-0.1, -0.05) is 6.07 Å². The topological polar surface area (TPSA) is 108 Å². The van der Waals surface area contributed by atoms with Gasteiger partial charge in [0.1, 0.15) is 0 Å². The van der Waals surface area contributed by atoms with Crippen molar-refractivity contribution in [1.29, 1.82) is 0 Å². The summed E-state index contributed by atoms with van der Waals surface area (Å²) in [6, 6.07) is 4.94. The zero-order chi connectivity index (χ0) is 20.0. The molecule has 1 saturated heterocycles. The second-order valence-corrected chi connectivity index (χ2v) is 8.66. The fourth-order valence-electron chi connectivity index (χ4n) is 2.82. The SMILES string of the molecule is COc1ccc(CCC(=O)O[C@@H](C)C(=O)N[C@@H]2CCS(=O)(=O)C2)cc1OC. The molecular weight excluding hydrogens is 374 g/mol. The van der Waals surface area contributed by atoms with Gasteiger partial charge in [-0.2, -0.15) is 0 Å². The molecule has 0 spiro atoms. The number of benzene rings is 1.